The van der Waals surface area contributed by atoms with Gasteiger partial charge in [0.2, 0.25) is 0 Å². The van der Waals surface area contributed by atoms with Crippen molar-refractivity contribution in [3.8, 4) is 0 Å². The van der Waals surface area contributed by atoms with E-state index in [-0.39, 0.29) is 5.91 Å². The maximum atomic E-state index is 12.2. The number of aromatic nitrogens is 1. The van der Waals surface area contributed by atoms with E-state index in [0.717, 1.165) is 11.3 Å². The molecule has 0 aliphatic carbocycles. The lowest BCUT2D eigenvalue weighted by Gasteiger charge is -2.09. The van der Waals surface area contributed by atoms with Crippen molar-refractivity contribution in [1.82, 2.24) is 4.98 Å². The second-order valence-electron chi connectivity index (χ2n) is 4.46. The maximum Gasteiger partial charge on any atom is 0.255 e. The molecule has 3 nitrogen and oxygen atoms in total. The molecule has 5 heteroatoms. The molecule has 104 valence electrons. The Kier molecular flexibility index (Phi) is 4.63. The Morgan fingerprint density at radius 1 is 1.25 bits per heavy atom. The number of benzene rings is 1. The molecular weight excluding hydrogens is 295 g/mol. The van der Waals surface area contributed by atoms with Gasteiger partial charge in [0.25, 0.3) is 5.91 Å². The molecule has 20 heavy (non-hydrogen) atoms. The van der Waals surface area contributed by atoms with Crippen molar-refractivity contribution in [1.29, 1.82) is 0 Å². The monoisotopic (exact) mass is 308 g/mol. The van der Waals surface area contributed by atoms with Crippen molar-refractivity contribution < 1.29 is 4.79 Å². The highest BCUT2D eigenvalue weighted by atomic mass is 35.5. The SMILES string of the molecule is CCc1cc(C(=O)Nc2ccc(C)cc2Cl)cc(Cl)n1. The molecule has 0 aliphatic heterocycles. The normalized spacial score (nSPS) is 10.4. The molecule has 0 aliphatic rings. The topological polar surface area (TPSA) is 42.0 Å². The van der Waals surface area contributed by atoms with Gasteiger partial charge in [0.1, 0.15) is 5.15 Å². The van der Waals surface area contributed by atoms with Gasteiger partial charge in [-0.2, -0.15) is 0 Å². The van der Waals surface area contributed by atoms with Crippen LogP contribution in [0.5, 0.6) is 0 Å². The number of hydrogen-bond donors (Lipinski definition) is 1. The molecule has 0 fully saturated rings. The van der Waals surface area contributed by atoms with Gasteiger partial charge >= 0.3 is 0 Å². The van der Waals surface area contributed by atoms with Crippen LogP contribution in [0.3, 0.4) is 0 Å². The number of amides is 1. The molecule has 2 rings (SSSR count). The van der Waals surface area contributed by atoms with E-state index < -0.39 is 0 Å². The van der Waals surface area contributed by atoms with E-state index in [4.69, 9.17) is 23.2 Å². The first-order valence-electron chi connectivity index (χ1n) is 6.23. The highest BCUT2D eigenvalue weighted by Gasteiger charge is 2.11. The van der Waals surface area contributed by atoms with Gasteiger partial charge in [-0.15, -0.1) is 0 Å². The molecule has 1 aromatic carbocycles. The summed E-state index contributed by atoms with van der Waals surface area (Å²) in [4.78, 5) is 16.3. The van der Waals surface area contributed by atoms with Crippen LogP contribution in [0.25, 0.3) is 0 Å². The predicted molar refractivity (Wildman–Crippen MR) is 82.8 cm³/mol. The molecule has 0 radical (unpaired) electrons. The predicted octanol–water partition coefficient (Wildman–Crippen LogP) is 4.51. The third-order valence-corrected chi connectivity index (χ3v) is 3.35. The quantitative estimate of drug-likeness (QED) is 0.848. The van der Waals surface area contributed by atoms with E-state index in [0.29, 0.717) is 27.8 Å². The summed E-state index contributed by atoms with van der Waals surface area (Å²) in [5.74, 6) is -0.255. The minimum absolute atomic E-state index is 0.255. The first kappa shape index (κ1) is 14.8. The molecular formula is C15H14Cl2N2O. The fourth-order valence-corrected chi connectivity index (χ4v) is 2.29. The zero-order chi connectivity index (χ0) is 14.7. The minimum atomic E-state index is -0.255. The van der Waals surface area contributed by atoms with Gasteiger partial charge in [-0.05, 0) is 43.2 Å². The largest absolute Gasteiger partial charge is 0.321 e. The van der Waals surface area contributed by atoms with Gasteiger partial charge < -0.3 is 5.32 Å². The van der Waals surface area contributed by atoms with Crippen molar-refractivity contribution in [2.24, 2.45) is 0 Å². The molecule has 0 atom stereocenters. The zero-order valence-electron chi connectivity index (χ0n) is 11.2. The van der Waals surface area contributed by atoms with Crippen molar-refractivity contribution >= 4 is 34.8 Å². The second kappa shape index (κ2) is 6.25. The van der Waals surface area contributed by atoms with Gasteiger partial charge in [-0.1, -0.05) is 36.2 Å². The molecule has 1 heterocycles. The third-order valence-electron chi connectivity index (χ3n) is 2.84. The number of nitrogens with one attached hydrogen (secondary N) is 1. The van der Waals surface area contributed by atoms with Crippen molar-refractivity contribution in [3.63, 3.8) is 0 Å². The summed E-state index contributed by atoms with van der Waals surface area (Å²) in [6.45, 7) is 3.89. The van der Waals surface area contributed by atoms with Crippen LogP contribution < -0.4 is 5.32 Å². The Hall–Kier alpha value is -1.58. The van der Waals surface area contributed by atoms with Crippen LogP contribution >= 0.6 is 23.2 Å². The summed E-state index contributed by atoms with van der Waals surface area (Å²) in [6.07, 6.45) is 0.714. The van der Waals surface area contributed by atoms with E-state index in [9.17, 15) is 4.79 Å². The number of hydrogen-bond acceptors (Lipinski definition) is 2. The Labute approximate surface area is 127 Å². The number of aryl methyl sites for hydroxylation is 2. The molecule has 0 unspecified atom stereocenters. The van der Waals surface area contributed by atoms with Crippen molar-refractivity contribution in [2.45, 2.75) is 20.3 Å². The summed E-state index contributed by atoms with van der Waals surface area (Å²) < 4.78 is 0. The average molecular weight is 309 g/mol. The van der Waals surface area contributed by atoms with Crippen LogP contribution in [0.15, 0.2) is 30.3 Å². The standard InChI is InChI=1S/C15H14Cl2N2O/c1-3-11-7-10(8-14(17)18-11)15(20)19-13-5-4-9(2)6-12(13)16/h4-8H,3H2,1-2H3,(H,19,20). The number of halogens is 2. The van der Waals surface area contributed by atoms with Crippen molar-refractivity contribution in [2.75, 3.05) is 5.32 Å². The Bertz CT molecular complexity index is 656. The Morgan fingerprint density at radius 2 is 2.00 bits per heavy atom. The van der Waals surface area contributed by atoms with Crippen LogP contribution in [0, 0.1) is 6.92 Å². The molecule has 0 spiro atoms. The first-order chi connectivity index (χ1) is 9.49. The summed E-state index contributed by atoms with van der Waals surface area (Å²) in [6, 6.07) is 8.73. The van der Waals surface area contributed by atoms with Gasteiger partial charge in [0, 0.05) is 11.3 Å². The molecule has 0 saturated heterocycles. The molecule has 0 saturated carbocycles. The van der Waals surface area contributed by atoms with Crippen LogP contribution in [-0.4, -0.2) is 10.9 Å². The van der Waals surface area contributed by atoms with E-state index in [1.165, 1.54) is 6.07 Å². The summed E-state index contributed by atoms with van der Waals surface area (Å²) >= 11 is 12.0. The van der Waals surface area contributed by atoms with Crippen LogP contribution in [-0.2, 0) is 6.42 Å². The lowest BCUT2D eigenvalue weighted by atomic mass is 10.1. The molecule has 0 bridgehead atoms. The maximum absolute atomic E-state index is 12.2. The van der Waals surface area contributed by atoms with E-state index >= 15 is 0 Å². The van der Waals surface area contributed by atoms with Crippen LogP contribution in [0.4, 0.5) is 5.69 Å². The highest BCUT2D eigenvalue weighted by molar-refractivity contribution is 6.34. The second-order valence-corrected chi connectivity index (χ2v) is 5.26. The number of carbonyl (C=O) groups excluding carboxylic acids is 1. The average Bonchev–Trinajstić information content (AvgIpc) is 2.41. The van der Waals surface area contributed by atoms with Crippen LogP contribution in [0.1, 0.15) is 28.5 Å². The van der Waals surface area contributed by atoms with Gasteiger partial charge in [0.15, 0.2) is 0 Å². The minimum Gasteiger partial charge on any atom is -0.321 e. The third kappa shape index (κ3) is 3.50. The molecule has 2 aromatic rings. The summed E-state index contributed by atoms with van der Waals surface area (Å²) in [7, 11) is 0. The fourth-order valence-electron chi connectivity index (χ4n) is 1.78. The molecule has 1 N–H and O–H groups in total. The number of carbonyl (C=O) groups is 1. The van der Waals surface area contributed by atoms with Gasteiger partial charge in [-0.3, -0.25) is 4.79 Å². The van der Waals surface area contributed by atoms with Crippen molar-refractivity contribution in [3.05, 3.63) is 57.3 Å². The van der Waals surface area contributed by atoms with E-state index in [2.05, 4.69) is 10.3 Å². The summed E-state index contributed by atoms with van der Waals surface area (Å²) in [5, 5.41) is 3.59. The summed E-state index contributed by atoms with van der Waals surface area (Å²) in [5.41, 5.74) is 2.86. The number of nitrogens with zero attached hydrogens (tertiary/aromatic N) is 1. The van der Waals surface area contributed by atoms with E-state index in [1.54, 1.807) is 18.2 Å². The smallest absolute Gasteiger partial charge is 0.255 e. The molecule has 1 amide bonds. The van der Waals surface area contributed by atoms with E-state index in [1.807, 2.05) is 19.9 Å². The first-order valence-corrected chi connectivity index (χ1v) is 6.99. The van der Waals surface area contributed by atoms with Gasteiger partial charge in [0.05, 0.1) is 10.7 Å². The van der Waals surface area contributed by atoms with Crippen LogP contribution in [0.2, 0.25) is 10.2 Å². The number of anilines is 1. The lowest BCUT2D eigenvalue weighted by molar-refractivity contribution is 0.102. The van der Waals surface area contributed by atoms with Gasteiger partial charge in [-0.25, -0.2) is 4.98 Å². The Balaban J connectivity index is 2.26. The number of pyridine rings is 1. The molecule has 1 aromatic heterocycles. The lowest BCUT2D eigenvalue weighted by Crippen LogP contribution is -2.13. The highest BCUT2D eigenvalue weighted by Crippen LogP contribution is 2.23. The fraction of sp³-hybridized carbons (Fsp3) is 0.200. The zero-order valence-corrected chi connectivity index (χ0v) is 12.7. The number of rotatable bonds is 3. The Morgan fingerprint density at radius 3 is 2.65 bits per heavy atom.